The second-order valence-corrected chi connectivity index (χ2v) is 5.18. The summed E-state index contributed by atoms with van der Waals surface area (Å²) in [5.74, 6) is -0.536. The summed E-state index contributed by atoms with van der Waals surface area (Å²) in [5, 5.41) is 0. The van der Waals surface area contributed by atoms with Gasteiger partial charge in [-0.25, -0.2) is 4.39 Å². The summed E-state index contributed by atoms with van der Waals surface area (Å²) in [4.78, 5) is 14.3. The van der Waals surface area contributed by atoms with E-state index in [-0.39, 0.29) is 18.2 Å². The standard InChI is InChI=1S/C15H18FNO3/c16-12-5-3-4-11(10-12)14(18)17-7-2-1-6-13(17)15-19-8-9-20-15/h3-5,10,13,15H,1-2,6-9H2. The summed E-state index contributed by atoms with van der Waals surface area (Å²) in [6, 6.07) is 5.76. The molecule has 4 nitrogen and oxygen atoms in total. The van der Waals surface area contributed by atoms with Crippen LogP contribution in [0.1, 0.15) is 29.6 Å². The number of benzene rings is 1. The fourth-order valence-electron chi connectivity index (χ4n) is 2.88. The van der Waals surface area contributed by atoms with Crippen LogP contribution in [0.25, 0.3) is 0 Å². The fraction of sp³-hybridized carbons (Fsp3) is 0.533. The monoisotopic (exact) mass is 279 g/mol. The van der Waals surface area contributed by atoms with Crippen molar-refractivity contribution in [2.24, 2.45) is 0 Å². The van der Waals surface area contributed by atoms with Gasteiger partial charge in [-0.05, 0) is 37.5 Å². The highest BCUT2D eigenvalue weighted by Gasteiger charge is 2.36. The number of carbonyl (C=O) groups is 1. The lowest BCUT2D eigenvalue weighted by molar-refractivity contribution is -0.100. The van der Waals surface area contributed by atoms with Crippen LogP contribution >= 0.6 is 0 Å². The van der Waals surface area contributed by atoms with E-state index in [2.05, 4.69) is 0 Å². The highest BCUT2D eigenvalue weighted by Crippen LogP contribution is 2.26. The molecule has 1 atom stereocenters. The van der Waals surface area contributed by atoms with E-state index in [1.54, 1.807) is 17.0 Å². The molecule has 2 aliphatic heterocycles. The number of piperidine rings is 1. The molecule has 0 bridgehead atoms. The molecule has 20 heavy (non-hydrogen) atoms. The Labute approximate surface area is 117 Å². The maximum Gasteiger partial charge on any atom is 0.254 e. The molecule has 108 valence electrons. The van der Waals surface area contributed by atoms with Gasteiger partial charge >= 0.3 is 0 Å². The smallest absolute Gasteiger partial charge is 0.254 e. The van der Waals surface area contributed by atoms with Gasteiger partial charge in [0, 0.05) is 12.1 Å². The van der Waals surface area contributed by atoms with Crippen LogP contribution in [0.4, 0.5) is 4.39 Å². The fourth-order valence-corrected chi connectivity index (χ4v) is 2.88. The number of nitrogens with zero attached hydrogens (tertiary/aromatic N) is 1. The van der Waals surface area contributed by atoms with E-state index in [0.29, 0.717) is 25.3 Å². The molecule has 5 heteroatoms. The number of amides is 1. The normalized spacial score (nSPS) is 24.1. The molecule has 3 rings (SSSR count). The number of hydrogen-bond acceptors (Lipinski definition) is 3. The zero-order chi connectivity index (χ0) is 13.9. The molecular weight excluding hydrogens is 261 g/mol. The second kappa shape index (κ2) is 5.89. The molecule has 0 saturated carbocycles. The minimum atomic E-state index is -0.391. The van der Waals surface area contributed by atoms with Gasteiger partial charge in [-0.3, -0.25) is 4.79 Å². The van der Waals surface area contributed by atoms with Crippen molar-refractivity contribution in [3.05, 3.63) is 35.6 Å². The van der Waals surface area contributed by atoms with Crippen molar-refractivity contribution in [3.63, 3.8) is 0 Å². The average Bonchev–Trinajstić information content (AvgIpc) is 3.00. The molecule has 1 aromatic carbocycles. The van der Waals surface area contributed by atoms with E-state index in [9.17, 15) is 9.18 Å². The van der Waals surface area contributed by atoms with Crippen LogP contribution < -0.4 is 0 Å². The van der Waals surface area contributed by atoms with Crippen LogP contribution in [0.3, 0.4) is 0 Å². The summed E-state index contributed by atoms with van der Waals surface area (Å²) in [7, 11) is 0. The molecule has 0 N–H and O–H groups in total. The molecule has 2 saturated heterocycles. The van der Waals surface area contributed by atoms with Crippen molar-refractivity contribution in [1.82, 2.24) is 4.90 Å². The highest BCUT2D eigenvalue weighted by atomic mass is 19.1. The Morgan fingerprint density at radius 1 is 1.25 bits per heavy atom. The molecule has 2 aliphatic rings. The van der Waals surface area contributed by atoms with Gasteiger partial charge in [0.05, 0.1) is 19.3 Å². The summed E-state index contributed by atoms with van der Waals surface area (Å²) in [6.45, 7) is 1.82. The summed E-state index contributed by atoms with van der Waals surface area (Å²) in [6.07, 6.45) is 2.55. The Morgan fingerprint density at radius 3 is 2.80 bits per heavy atom. The van der Waals surface area contributed by atoms with Crippen molar-refractivity contribution in [1.29, 1.82) is 0 Å². The van der Waals surface area contributed by atoms with Gasteiger partial charge < -0.3 is 14.4 Å². The van der Waals surface area contributed by atoms with Crippen molar-refractivity contribution >= 4 is 5.91 Å². The molecule has 0 spiro atoms. The van der Waals surface area contributed by atoms with Gasteiger partial charge in [0.15, 0.2) is 6.29 Å². The predicted octanol–water partition coefficient (Wildman–Crippen LogP) is 2.19. The van der Waals surface area contributed by atoms with E-state index < -0.39 is 5.82 Å². The lowest BCUT2D eigenvalue weighted by Gasteiger charge is -2.38. The molecule has 0 aliphatic carbocycles. The number of halogens is 1. The zero-order valence-electron chi connectivity index (χ0n) is 11.3. The predicted molar refractivity (Wildman–Crippen MR) is 70.8 cm³/mol. The Bertz CT molecular complexity index is 488. The molecular formula is C15H18FNO3. The molecule has 0 aromatic heterocycles. The number of likely N-dealkylation sites (tertiary alicyclic amines) is 1. The largest absolute Gasteiger partial charge is 0.348 e. The van der Waals surface area contributed by atoms with Crippen LogP contribution in [0, 0.1) is 5.82 Å². The summed E-state index contributed by atoms with van der Waals surface area (Å²) < 4.78 is 24.4. The average molecular weight is 279 g/mol. The number of carbonyl (C=O) groups excluding carboxylic acids is 1. The molecule has 2 heterocycles. The third kappa shape index (κ3) is 2.69. The number of ether oxygens (including phenoxy) is 2. The Balaban J connectivity index is 1.80. The molecule has 1 unspecified atom stereocenters. The molecule has 1 aromatic rings. The summed E-state index contributed by atoms with van der Waals surface area (Å²) in [5.41, 5.74) is 0.384. The first-order valence-corrected chi connectivity index (χ1v) is 7.05. The van der Waals surface area contributed by atoms with E-state index in [4.69, 9.17) is 9.47 Å². The van der Waals surface area contributed by atoms with E-state index in [1.165, 1.54) is 12.1 Å². The maximum atomic E-state index is 13.3. The van der Waals surface area contributed by atoms with Crippen molar-refractivity contribution in [3.8, 4) is 0 Å². The quantitative estimate of drug-likeness (QED) is 0.833. The van der Waals surface area contributed by atoms with Crippen LogP contribution in [-0.2, 0) is 9.47 Å². The van der Waals surface area contributed by atoms with E-state index in [0.717, 1.165) is 19.3 Å². The van der Waals surface area contributed by atoms with Crippen molar-refractivity contribution in [2.45, 2.75) is 31.6 Å². The van der Waals surface area contributed by atoms with Crippen LogP contribution in [0.2, 0.25) is 0 Å². The molecule has 2 fully saturated rings. The van der Waals surface area contributed by atoms with Gasteiger partial charge in [-0.1, -0.05) is 6.07 Å². The number of rotatable bonds is 2. The summed E-state index contributed by atoms with van der Waals surface area (Å²) >= 11 is 0. The topological polar surface area (TPSA) is 38.8 Å². The third-order valence-electron chi connectivity index (χ3n) is 3.84. The van der Waals surface area contributed by atoms with Crippen LogP contribution in [0.5, 0.6) is 0 Å². The van der Waals surface area contributed by atoms with E-state index in [1.807, 2.05) is 0 Å². The van der Waals surface area contributed by atoms with E-state index >= 15 is 0 Å². The zero-order valence-corrected chi connectivity index (χ0v) is 11.3. The highest BCUT2D eigenvalue weighted by molar-refractivity contribution is 5.94. The first-order valence-electron chi connectivity index (χ1n) is 7.05. The third-order valence-corrected chi connectivity index (χ3v) is 3.84. The first-order chi connectivity index (χ1) is 9.75. The van der Waals surface area contributed by atoms with Crippen molar-refractivity contribution in [2.75, 3.05) is 19.8 Å². The molecule has 0 radical (unpaired) electrons. The lowest BCUT2D eigenvalue weighted by Crippen LogP contribution is -2.50. The van der Waals surface area contributed by atoms with Gasteiger partial charge in [-0.2, -0.15) is 0 Å². The van der Waals surface area contributed by atoms with Gasteiger partial charge in [0.25, 0.3) is 5.91 Å². The first kappa shape index (κ1) is 13.5. The minimum Gasteiger partial charge on any atom is -0.348 e. The lowest BCUT2D eigenvalue weighted by atomic mass is 10.00. The van der Waals surface area contributed by atoms with Gasteiger partial charge in [0.2, 0.25) is 0 Å². The SMILES string of the molecule is O=C(c1cccc(F)c1)N1CCCCC1C1OCCO1. The Hall–Kier alpha value is -1.46. The van der Waals surface area contributed by atoms with Crippen LogP contribution in [-0.4, -0.2) is 42.9 Å². The van der Waals surface area contributed by atoms with Gasteiger partial charge in [-0.15, -0.1) is 0 Å². The van der Waals surface area contributed by atoms with Crippen molar-refractivity contribution < 1.29 is 18.7 Å². The number of hydrogen-bond donors (Lipinski definition) is 0. The minimum absolute atomic E-state index is 0.0676. The molecule has 1 amide bonds. The Kier molecular flexibility index (Phi) is 3.98. The maximum absolute atomic E-state index is 13.3. The van der Waals surface area contributed by atoms with Gasteiger partial charge in [0.1, 0.15) is 5.82 Å². The van der Waals surface area contributed by atoms with Crippen LogP contribution in [0.15, 0.2) is 24.3 Å². The second-order valence-electron chi connectivity index (χ2n) is 5.18. The Morgan fingerprint density at radius 2 is 2.05 bits per heavy atom.